The normalized spacial score (nSPS) is 29.8. The van der Waals surface area contributed by atoms with Gasteiger partial charge in [0, 0.05) is 24.0 Å². The second kappa shape index (κ2) is 9.99. The summed E-state index contributed by atoms with van der Waals surface area (Å²) in [5.41, 5.74) is 0.715. The Balaban J connectivity index is 1.58. The van der Waals surface area contributed by atoms with Gasteiger partial charge < -0.3 is 19.6 Å². The van der Waals surface area contributed by atoms with Crippen molar-refractivity contribution in [2.75, 3.05) is 31.2 Å². The summed E-state index contributed by atoms with van der Waals surface area (Å²) in [4.78, 5) is 44.6. The second-order valence-corrected chi connectivity index (χ2v) is 11.5. The van der Waals surface area contributed by atoms with Crippen LogP contribution in [0.4, 0.5) is 5.69 Å². The van der Waals surface area contributed by atoms with E-state index < -0.39 is 28.6 Å². The molecule has 0 saturated carbocycles. The Hall–Kier alpha value is -3.10. The van der Waals surface area contributed by atoms with Crippen LogP contribution in [0.5, 0.6) is 0 Å². The molecule has 3 heterocycles. The van der Waals surface area contributed by atoms with E-state index in [0.29, 0.717) is 5.69 Å². The first-order chi connectivity index (χ1) is 17.9. The average Bonchev–Trinajstić information content (AvgIpc) is 3.49. The molecule has 2 bridgehead atoms. The molecule has 1 spiro atoms. The molecule has 3 fully saturated rings. The summed E-state index contributed by atoms with van der Waals surface area (Å²) in [6.45, 7) is 9.64. The molecule has 0 aromatic heterocycles. The summed E-state index contributed by atoms with van der Waals surface area (Å²) in [6.07, 6.45) is 3.90. The van der Waals surface area contributed by atoms with Gasteiger partial charge in [-0.2, -0.15) is 0 Å². The van der Waals surface area contributed by atoms with E-state index >= 15 is 0 Å². The van der Waals surface area contributed by atoms with Crippen molar-refractivity contribution in [2.24, 2.45) is 17.8 Å². The van der Waals surface area contributed by atoms with Gasteiger partial charge in [0.2, 0.25) is 5.91 Å². The number of nitrogens with zero attached hydrogens (tertiary/aromatic N) is 2. The lowest BCUT2D eigenvalue weighted by molar-refractivity contribution is -0.153. The maximum Gasteiger partial charge on any atom is 0.311 e. The van der Waals surface area contributed by atoms with Gasteiger partial charge >= 0.3 is 5.97 Å². The highest BCUT2D eigenvalue weighted by atomic mass is 32.2. The number of aliphatic hydroxyl groups is 1. The van der Waals surface area contributed by atoms with E-state index in [1.54, 1.807) is 22.7 Å². The van der Waals surface area contributed by atoms with Crippen LogP contribution in [0.1, 0.15) is 13.3 Å². The monoisotopic (exact) mass is 520 g/mol. The first kappa shape index (κ1) is 25.5. The number of carbonyl (C=O) groups is 3. The molecule has 37 heavy (non-hydrogen) atoms. The fraction of sp³-hybridized carbons (Fsp3) is 0.414. The Bertz CT molecular complexity index is 1260. The Kier molecular flexibility index (Phi) is 6.89. The largest absolute Gasteiger partial charge is 0.461 e. The molecular weight excluding hydrogens is 488 g/mol. The van der Waals surface area contributed by atoms with Crippen molar-refractivity contribution < 1.29 is 24.2 Å². The number of β-amino-alcohol motifs (C(OH)–C–C–N with tert-alkyl or cyclic N) is 1. The van der Waals surface area contributed by atoms with Crippen LogP contribution >= 0.6 is 11.8 Å². The van der Waals surface area contributed by atoms with Gasteiger partial charge in [-0.1, -0.05) is 56.0 Å². The molecule has 5 rings (SSSR count). The van der Waals surface area contributed by atoms with Crippen LogP contribution in [0.25, 0.3) is 10.8 Å². The highest BCUT2D eigenvalue weighted by molar-refractivity contribution is 8.02. The topological polar surface area (TPSA) is 87.1 Å². The molecule has 2 aromatic carbocycles. The summed E-state index contributed by atoms with van der Waals surface area (Å²) in [7, 11) is 0. The van der Waals surface area contributed by atoms with Crippen LogP contribution in [0, 0.1) is 17.8 Å². The van der Waals surface area contributed by atoms with Gasteiger partial charge in [0.25, 0.3) is 5.91 Å². The highest BCUT2D eigenvalue weighted by Gasteiger charge is 2.76. The number of amides is 2. The minimum atomic E-state index is -0.814. The molecule has 194 valence electrons. The number of likely N-dealkylation sites (tertiary alicyclic amines) is 1. The zero-order valence-electron chi connectivity index (χ0n) is 20.9. The van der Waals surface area contributed by atoms with Gasteiger partial charge in [-0.15, -0.1) is 18.3 Å². The predicted octanol–water partition coefficient (Wildman–Crippen LogP) is 3.42. The summed E-state index contributed by atoms with van der Waals surface area (Å²) < 4.78 is 4.63. The van der Waals surface area contributed by atoms with E-state index in [9.17, 15) is 19.5 Å². The van der Waals surface area contributed by atoms with Crippen molar-refractivity contribution >= 4 is 46.0 Å². The molecule has 3 aliphatic heterocycles. The lowest BCUT2D eigenvalue weighted by Crippen LogP contribution is -2.57. The number of carbonyl (C=O) groups excluding carboxylic acids is 3. The Morgan fingerprint density at radius 2 is 1.97 bits per heavy atom. The summed E-state index contributed by atoms with van der Waals surface area (Å²) in [5.74, 6) is -2.17. The van der Waals surface area contributed by atoms with Gasteiger partial charge in [0.1, 0.15) is 12.6 Å². The van der Waals surface area contributed by atoms with Crippen LogP contribution in [-0.4, -0.2) is 70.1 Å². The minimum Gasteiger partial charge on any atom is -0.461 e. The first-order valence-electron chi connectivity index (χ1n) is 12.7. The predicted molar refractivity (Wildman–Crippen MR) is 145 cm³/mol. The number of rotatable bonds is 9. The fourth-order valence-electron chi connectivity index (χ4n) is 6.60. The average molecular weight is 521 g/mol. The van der Waals surface area contributed by atoms with Crippen LogP contribution in [0.15, 0.2) is 67.8 Å². The molecule has 3 unspecified atom stereocenters. The third-order valence-corrected chi connectivity index (χ3v) is 10.1. The Morgan fingerprint density at radius 1 is 1.22 bits per heavy atom. The maximum absolute atomic E-state index is 14.5. The third-order valence-electron chi connectivity index (χ3n) is 8.06. The van der Waals surface area contributed by atoms with E-state index in [0.717, 1.165) is 17.2 Å². The van der Waals surface area contributed by atoms with Crippen LogP contribution < -0.4 is 4.90 Å². The lowest BCUT2D eigenvalue weighted by atomic mass is 9.66. The Labute approximate surface area is 221 Å². The van der Waals surface area contributed by atoms with Crippen molar-refractivity contribution in [1.29, 1.82) is 0 Å². The van der Waals surface area contributed by atoms with Gasteiger partial charge in [-0.3, -0.25) is 14.4 Å². The molecule has 6 atom stereocenters. The quantitative estimate of drug-likeness (QED) is 0.403. The summed E-state index contributed by atoms with van der Waals surface area (Å²) >= 11 is 1.59. The minimum absolute atomic E-state index is 0.0273. The van der Waals surface area contributed by atoms with Crippen molar-refractivity contribution in [1.82, 2.24) is 4.90 Å². The summed E-state index contributed by atoms with van der Waals surface area (Å²) in [5, 5.41) is 11.8. The summed E-state index contributed by atoms with van der Waals surface area (Å²) in [6, 6.07) is 13.0. The second-order valence-electron chi connectivity index (χ2n) is 10.00. The van der Waals surface area contributed by atoms with E-state index in [2.05, 4.69) is 20.1 Å². The molecule has 0 radical (unpaired) electrons. The van der Waals surface area contributed by atoms with Crippen molar-refractivity contribution in [3.05, 3.63) is 67.8 Å². The van der Waals surface area contributed by atoms with Gasteiger partial charge in [0.15, 0.2) is 0 Å². The van der Waals surface area contributed by atoms with Gasteiger partial charge in [0.05, 0.1) is 23.2 Å². The molecule has 2 amide bonds. The number of anilines is 1. The maximum atomic E-state index is 14.5. The number of fused-ring (bicyclic) bond motifs is 2. The number of thioether (sulfide) groups is 1. The van der Waals surface area contributed by atoms with Gasteiger partial charge in [-0.25, -0.2) is 0 Å². The van der Waals surface area contributed by atoms with Crippen molar-refractivity contribution in [2.45, 2.75) is 29.4 Å². The van der Waals surface area contributed by atoms with Crippen LogP contribution in [0.3, 0.4) is 0 Å². The third kappa shape index (κ3) is 3.89. The molecule has 3 aliphatic rings. The number of benzene rings is 2. The lowest BCUT2D eigenvalue weighted by Gasteiger charge is -2.40. The molecule has 7 nitrogen and oxygen atoms in total. The number of hydrogen-bond donors (Lipinski definition) is 1. The van der Waals surface area contributed by atoms with Crippen LogP contribution in [0.2, 0.25) is 0 Å². The molecule has 8 heteroatoms. The Morgan fingerprint density at radius 3 is 2.68 bits per heavy atom. The highest BCUT2D eigenvalue weighted by Crippen LogP contribution is 2.68. The number of ether oxygens (including phenoxy) is 1. The van der Waals surface area contributed by atoms with Crippen LogP contribution in [-0.2, 0) is 19.1 Å². The molecule has 3 saturated heterocycles. The standard InChI is InChI=1S/C29H32N2O5S/c1-4-12-30(21-11-10-19-8-6-7-9-20(19)17-21)27(34)25-29-18(3)16-22(37-29)23(28(35)36-15-5-2)24(29)26(33)31(25)13-14-32/h4-11,17-18,22-25,32H,1-2,12-16H2,3H3/t18?,22-,23+,24+,25?,29?/m1/s1. The first-order valence-corrected chi connectivity index (χ1v) is 13.5. The van der Waals surface area contributed by atoms with Crippen molar-refractivity contribution in [3.63, 3.8) is 0 Å². The fourth-order valence-corrected chi connectivity index (χ4v) is 9.00. The SMILES string of the molecule is C=CCOC(=O)[C@@H]1[C@H]2C(=O)N(CCO)C(C(=O)N(CC=C)c3ccc4ccccc4c3)C23S[C@@H]1CC3C. The number of esters is 1. The molecule has 0 aliphatic carbocycles. The molecular formula is C29H32N2O5S. The zero-order valence-corrected chi connectivity index (χ0v) is 21.7. The number of hydrogen-bond acceptors (Lipinski definition) is 6. The van der Waals surface area contributed by atoms with E-state index in [1.807, 2.05) is 42.5 Å². The molecule has 2 aromatic rings. The van der Waals surface area contributed by atoms with E-state index in [1.165, 1.54) is 11.0 Å². The van der Waals surface area contributed by atoms with E-state index in [-0.39, 0.29) is 49.3 Å². The smallest absolute Gasteiger partial charge is 0.311 e. The van der Waals surface area contributed by atoms with E-state index in [4.69, 9.17) is 4.74 Å². The number of aliphatic hydroxyl groups excluding tert-OH is 1. The zero-order chi connectivity index (χ0) is 26.3. The van der Waals surface area contributed by atoms with Crippen molar-refractivity contribution in [3.8, 4) is 0 Å². The van der Waals surface area contributed by atoms with Gasteiger partial charge in [-0.05, 0) is 35.2 Å². The molecule has 1 N–H and O–H groups in total.